The molecule has 5 heteroatoms. The fourth-order valence-corrected chi connectivity index (χ4v) is 1.49. The molecule has 0 spiro atoms. The molecule has 0 saturated heterocycles. The van der Waals surface area contributed by atoms with Crippen LogP contribution in [0.4, 0.5) is 0 Å². The number of aliphatic hydroxyl groups is 1. The van der Waals surface area contributed by atoms with Crippen molar-refractivity contribution >= 4 is 11.9 Å². The van der Waals surface area contributed by atoms with Gasteiger partial charge in [0.15, 0.2) is 0 Å². The van der Waals surface area contributed by atoms with E-state index in [1.54, 1.807) is 6.92 Å². The summed E-state index contributed by atoms with van der Waals surface area (Å²) in [5.74, 6) is -1.65. The summed E-state index contributed by atoms with van der Waals surface area (Å²) in [7, 11) is 0. The maximum Gasteiger partial charge on any atom is 0.326 e. The molecular formula is C12H23NO4. The van der Waals surface area contributed by atoms with Gasteiger partial charge in [-0.1, -0.05) is 34.1 Å². The first-order valence-electron chi connectivity index (χ1n) is 6.00. The van der Waals surface area contributed by atoms with Gasteiger partial charge in [0, 0.05) is 0 Å². The number of nitrogens with one attached hydrogen (secondary N) is 1. The third kappa shape index (κ3) is 5.68. The van der Waals surface area contributed by atoms with Gasteiger partial charge in [-0.2, -0.15) is 0 Å². The van der Waals surface area contributed by atoms with Gasteiger partial charge in [0.25, 0.3) is 0 Å². The summed E-state index contributed by atoms with van der Waals surface area (Å²) in [5.41, 5.74) is 0. The van der Waals surface area contributed by atoms with E-state index >= 15 is 0 Å². The summed E-state index contributed by atoms with van der Waals surface area (Å²) < 4.78 is 0. The first-order valence-corrected chi connectivity index (χ1v) is 6.00. The monoisotopic (exact) mass is 245 g/mol. The normalized spacial score (nSPS) is 16.4. The Kier molecular flexibility index (Phi) is 6.80. The van der Waals surface area contributed by atoms with Crippen molar-refractivity contribution in [2.75, 3.05) is 0 Å². The highest BCUT2D eigenvalue weighted by Gasteiger charge is 2.27. The number of hydrogen-bond donors (Lipinski definition) is 3. The number of hydrogen-bond acceptors (Lipinski definition) is 3. The van der Waals surface area contributed by atoms with Crippen LogP contribution in [-0.4, -0.2) is 34.2 Å². The number of carbonyl (C=O) groups is 2. The van der Waals surface area contributed by atoms with Crippen molar-refractivity contribution in [2.45, 2.75) is 52.7 Å². The zero-order valence-electron chi connectivity index (χ0n) is 10.9. The third-order valence-corrected chi connectivity index (χ3v) is 2.77. The number of aliphatic hydroxyl groups excluding tert-OH is 1. The standard InChI is InChI=1S/C12H23NO4/c1-5-8(4)10(12(16)17)13-11(15)9(14)6-7(2)3/h7-10,14H,5-6H2,1-4H3,(H,13,15)(H,16,17)/t8-,9+,10-/m0/s1. The zero-order valence-corrected chi connectivity index (χ0v) is 10.9. The van der Waals surface area contributed by atoms with Crippen molar-refractivity contribution in [1.29, 1.82) is 0 Å². The minimum atomic E-state index is -1.14. The second-order valence-corrected chi connectivity index (χ2v) is 4.86. The van der Waals surface area contributed by atoms with E-state index in [1.807, 2.05) is 20.8 Å². The van der Waals surface area contributed by atoms with Crippen LogP contribution in [0, 0.1) is 11.8 Å². The molecule has 1 amide bonds. The molecular weight excluding hydrogens is 222 g/mol. The summed E-state index contributed by atoms with van der Waals surface area (Å²) in [6, 6.07) is -0.936. The Hall–Kier alpha value is -1.10. The van der Waals surface area contributed by atoms with Crippen molar-refractivity contribution < 1.29 is 19.8 Å². The van der Waals surface area contributed by atoms with Crippen LogP contribution in [0.2, 0.25) is 0 Å². The van der Waals surface area contributed by atoms with E-state index in [-0.39, 0.29) is 11.8 Å². The molecule has 0 aliphatic carbocycles. The summed E-state index contributed by atoms with van der Waals surface area (Å²) in [6.07, 6.45) is -0.156. The summed E-state index contributed by atoms with van der Waals surface area (Å²) in [6.45, 7) is 7.39. The molecule has 17 heavy (non-hydrogen) atoms. The Labute approximate surface area is 102 Å². The minimum absolute atomic E-state index is 0.164. The van der Waals surface area contributed by atoms with Gasteiger partial charge in [-0.3, -0.25) is 4.79 Å². The Bertz CT molecular complexity index is 265. The van der Waals surface area contributed by atoms with Gasteiger partial charge in [0.1, 0.15) is 12.1 Å². The lowest BCUT2D eigenvalue weighted by molar-refractivity contribution is -0.145. The lowest BCUT2D eigenvalue weighted by Crippen LogP contribution is -2.48. The van der Waals surface area contributed by atoms with Crippen LogP contribution in [0.15, 0.2) is 0 Å². The van der Waals surface area contributed by atoms with Gasteiger partial charge in [-0.15, -0.1) is 0 Å². The molecule has 0 bridgehead atoms. The summed E-state index contributed by atoms with van der Waals surface area (Å²) in [4.78, 5) is 22.6. The van der Waals surface area contributed by atoms with Gasteiger partial charge in [-0.05, 0) is 18.3 Å². The highest BCUT2D eigenvalue weighted by molar-refractivity contribution is 5.86. The van der Waals surface area contributed by atoms with Gasteiger partial charge in [0.2, 0.25) is 5.91 Å². The Balaban J connectivity index is 4.45. The summed E-state index contributed by atoms with van der Waals surface area (Å²) in [5, 5.41) is 20.9. The molecule has 0 radical (unpaired) electrons. The second kappa shape index (κ2) is 7.27. The molecule has 0 aromatic heterocycles. The number of carboxylic acids is 1. The predicted octanol–water partition coefficient (Wildman–Crippen LogP) is 1.01. The van der Waals surface area contributed by atoms with Crippen LogP contribution in [0.25, 0.3) is 0 Å². The Morgan fingerprint density at radius 3 is 2.12 bits per heavy atom. The van der Waals surface area contributed by atoms with E-state index in [2.05, 4.69) is 5.32 Å². The van der Waals surface area contributed by atoms with Crippen LogP contribution < -0.4 is 5.32 Å². The van der Waals surface area contributed by atoms with Crippen LogP contribution >= 0.6 is 0 Å². The van der Waals surface area contributed by atoms with E-state index in [1.165, 1.54) is 0 Å². The van der Waals surface area contributed by atoms with Crippen LogP contribution in [0.1, 0.15) is 40.5 Å². The third-order valence-electron chi connectivity index (χ3n) is 2.77. The molecule has 3 atom stereocenters. The molecule has 0 aliphatic rings. The van der Waals surface area contributed by atoms with E-state index < -0.39 is 24.0 Å². The molecule has 0 saturated carbocycles. The zero-order chi connectivity index (χ0) is 13.6. The highest BCUT2D eigenvalue weighted by Crippen LogP contribution is 2.10. The molecule has 100 valence electrons. The topological polar surface area (TPSA) is 86.6 Å². The minimum Gasteiger partial charge on any atom is -0.480 e. The van der Waals surface area contributed by atoms with E-state index in [4.69, 9.17) is 5.11 Å². The average Bonchev–Trinajstić information content (AvgIpc) is 2.22. The van der Waals surface area contributed by atoms with E-state index in [0.717, 1.165) is 0 Å². The Morgan fingerprint density at radius 1 is 1.24 bits per heavy atom. The smallest absolute Gasteiger partial charge is 0.326 e. The molecule has 0 aromatic carbocycles. The van der Waals surface area contributed by atoms with Crippen molar-refractivity contribution in [3.63, 3.8) is 0 Å². The number of amides is 1. The van der Waals surface area contributed by atoms with Crippen molar-refractivity contribution in [2.24, 2.45) is 11.8 Å². The molecule has 0 rings (SSSR count). The van der Waals surface area contributed by atoms with Crippen LogP contribution in [-0.2, 0) is 9.59 Å². The van der Waals surface area contributed by atoms with Gasteiger partial charge >= 0.3 is 5.97 Å². The van der Waals surface area contributed by atoms with Crippen molar-refractivity contribution in [3.8, 4) is 0 Å². The predicted molar refractivity (Wildman–Crippen MR) is 64.5 cm³/mol. The number of carboxylic acid groups (broad SMARTS) is 1. The first kappa shape index (κ1) is 15.9. The van der Waals surface area contributed by atoms with Gasteiger partial charge in [0.05, 0.1) is 0 Å². The van der Waals surface area contributed by atoms with Crippen molar-refractivity contribution in [1.82, 2.24) is 5.32 Å². The van der Waals surface area contributed by atoms with Crippen LogP contribution in [0.5, 0.6) is 0 Å². The number of carbonyl (C=O) groups excluding carboxylic acids is 1. The molecule has 5 nitrogen and oxygen atoms in total. The Morgan fingerprint density at radius 2 is 1.76 bits per heavy atom. The quantitative estimate of drug-likeness (QED) is 0.624. The molecule has 0 heterocycles. The highest BCUT2D eigenvalue weighted by atomic mass is 16.4. The molecule has 0 unspecified atom stereocenters. The number of rotatable bonds is 7. The second-order valence-electron chi connectivity index (χ2n) is 4.86. The maximum atomic E-state index is 11.6. The average molecular weight is 245 g/mol. The molecule has 0 fully saturated rings. The van der Waals surface area contributed by atoms with E-state index in [9.17, 15) is 14.7 Å². The fraction of sp³-hybridized carbons (Fsp3) is 0.833. The summed E-state index contributed by atoms with van der Waals surface area (Å²) >= 11 is 0. The first-order chi connectivity index (χ1) is 7.79. The fourth-order valence-electron chi connectivity index (χ4n) is 1.49. The van der Waals surface area contributed by atoms with E-state index in [0.29, 0.717) is 12.8 Å². The lowest BCUT2D eigenvalue weighted by Gasteiger charge is -2.22. The molecule has 3 N–H and O–H groups in total. The largest absolute Gasteiger partial charge is 0.480 e. The molecule has 0 aromatic rings. The van der Waals surface area contributed by atoms with Crippen molar-refractivity contribution in [3.05, 3.63) is 0 Å². The van der Waals surface area contributed by atoms with Crippen LogP contribution in [0.3, 0.4) is 0 Å². The SMILES string of the molecule is CC[C@H](C)[C@H](NC(=O)[C@H](O)CC(C)C)C(=O)O. The van der Waals surface area contributed by atoms with Gasteiger partial charge < -0.3 is 15.5 Å². The van der Waals surface area contributed by atoms with Gasteiger partial charge in [-0.25, -0.2) is 4.79 Å². The molecule has 0 aliphatic heterocycles. The number of aliphatic carboxylic acids is 1. The lowest BCUT2D eigenvalue weighted by atomic mass is 9.98. The maximum absolute atomic E-state index is 11.6.